The van der Waals surface area contributed by atoms with E-state index in [4.69, 9.17) is 25.8 Å². The number of hydrogen-bond acceptors (Lipinski definition) is 6. The third-order valence-electron chi connectivity index (χ3n) is 6.38. The van der Waals surface area contributed by atoms with Crippen molar-refractivity contribution in [2.75, 3.05) is 11.5 Å². The monoisotopic (exact) mass is 660 g/mol. The Morgan fingerprint density at radius 3 is 2.21 bits per heavy atom. The Kier molecular flexibility index (Phi) is 9.44. The van der Waals surface area contributed by atoms with Crippen LogP contribution in [0.3, 0.4) is 0 Å². The van der Waals surface area contributed by atoms with Gasteiger partial charge in [-0.25, -0.2) is 9.69 Å². The number of nitrogens with one attached hydrogen (secondary N) is 1. The van der Waals surface area contributed by atoms with Crippen LogP contribution < -0.4 is 24.4 Å². The number of amides is 4. The summed E-state index contributed by atoms with van der Waals surface area (Å²) in [5, 5.41) is 2.88. The molecule has 10 heteroatoms. The highest BCUT2D eigenvalue weighted by Gasteiger charge is 2.37. The van der Waals surface area contributed by atoms with Gasteiger partial charge in [0.2, 0.25) is 0 Å². The van der Waals surface area contributed by atoms with Crippen LogP contribution in [0.1, 0.15) is 23.6 Å². The predicted octanol–water partition coefficient (Wildman–Crippen LogP) is 7.33. The minimum absolute atomic E-state index is 0.213. The highest BCUT2D eigenvalue weighted by atomic mass is 79.9. The number of anilines is 1. The minimum atomic E-state index is -0.845. The van der Waals surface area contributed by atoms with E-state index >= 15 is 0 Å². The first-order valence-corrected chi connectivity index (χ1v) is 14.5. The van der Waals surface area contributed by atoms with E-state index in [1.165, 1.54) is 6.08 Å². The molecule has 0 saturated carbocycles. The lowest BCUT2D eigenvalue weighted by molar-refractivity contribution is -0.122. The second-order valence-corrected chi connectivity index (χ2v) is 10.7. The molecule has 1 N–H and O–H groups in total. The molecule has 5 rings (SSSR count). The van der Waals surface area contributed by atoms with Crippen LogP contribution in [0.15, 0.2) is 101 Å². The smallest absolute Gasteiger partial charge is 0.335 e. The maximum absolute atomic E-state index is 13.5. The number of nitrogens with zero attached hydrogens (tertiary/aromatic N) is 1. The van der Waals surface area contributed by atoms with Crippen LogP contribution >= 0.6 is 27.5 Å². The summed E-state index contributed by atoms with van der Waals surface area (Å²) in [6.07, 6.45) is 1.41. The van der Waals surface area contributed by atoms with Gasteiger partial charge in [0, 0.05) is 5.02 Å². The number of benzene rings is 4. The molecule has 0 aliphatic carbocycles. The van der Waals surface area contributed by atoms with Gasteiger partial charge >= 0.3 is 6.03 Å². The Morgan fingerprint density at radius 2 is 1.51 bits per heavy atom. The second-order valence-electron chi connectivity index (χ2n) is 9.40. The first-order chi connectivity index (χ1) is 20.8. The molecule has 4 aromatic carbocycles. The average Bonchev–Trinajstić information content (AvgIpc) is 3.00. The van der Waals surface area contributed by atoms with Crippen molar-refractivity contribution in [3.63, 3.8) is 0 Å². The third kappa shape index (κ3) is 7.25. The molecular weight excluding hydrogens is 636 g/mol. The molecular formula is C33H26BrClN2O6. The maximum atomic E-state index is 13.5. The summed E-state index contributed by atoms with van der Waals surface area (Å²) in [6.45, 7) is 2.85. The van der Waals surface area contributed by atoms with Gasteiger partial charge < -0.3 is 14.2 Å². The first kappa shape index (κ1) is 29.9. The zero-order chi connectivity index (χ0) is 30.3. The van der Waals surface area contributed by atoms with E-state index in [2.05, 4.69) is 21.2 Å². The molecule has 8 nitrogen and oxygen atoms in total. The number of halogens is 2. The zero-order valence-electron chi connectivity index (χ0n) is 23.0. The van der Waals surface area contributed by atoms with Crippen LogP contribution in [0, 0.1) is 0 Å². The topological polar surface area (TPSA) is 94.2 Å². The lowest BCUT2D eigenvalue weighted by atomic mass is 10.1. The molecule has 0 atom stereocenters. The van der Waals surface area contributed by atoms with Gasteiger partial charge in [-0.15, -0.1) is 0 Å². The van der Waals surface area contributed by atoms with Crippen molar-refractivity contribution in [1.82, 2.24) is 5.32 Å². The van der Waals surface area contributed by atoms with Crippen LogP contribution in [0.5, 0.6) is 17.2 Å². The largest absolute Gasteiger partial charge is 0.490 e. The minimum Gasteiger partial charge on any atom is -0.490 e. The molecule has 0 spiro atoms. The van der Waals surface area contributed by atoms with E-state index in [0.717, 1.165) is 16.0 Å². The van der Waals surface area contributed by atoms with Gasteiger partial charge in [0.05, 0.1) is 16.8 Å². The number of imide groups is 2. The molecule has 0 aromatic heterocycles. The third-order valence-corrected chi connectivity index (χ3v) is 7.23. The molecule has 0 unspecified atom stereocenters. The van der Waals surface area contributed by atoms with E-state index in [-0.39, 0.29) is 11.3 Å². The number of carbonyl (C=O) groups is 3. The number of hydrogen-bond donors (Lipinski definition) is 1. The summed E-state index contributed by atoms with van der Waals surface area (Å²) in [4.78, 5) is 39.9. The molecule has 43 heavy (non-hydrogen) atoms. The summed E-state index contributed by atoms with van der Waals surface area (Å²) in [5.41, 5.74) is 2.48. The van der Waals surface area contributed by atoms with E-state index < -0.39 is 17.8 Å². The normalized spacial score (nSPS) is 14.1. The van der Waals surface area contributed by atoms with Crippen LogP contribution in [0.2, 0.25) is 5.02 Å². The van der Waals surface area contributed by atoms with Crippen molar-refractivity contribution >= 4 is 57.1 Å². The summed E-state index contributed by atoms with van der Waals surface area (Å²) in [5.74, 6) is -0.0964. The Bertz CT molecular complexity index is 1670. The fourth-order valence-electron chi connectivity index (χ4n) is 4.30. The lowest BCUT2D eigenvalue weighted by Gasteiger charge is -2.26. The predicted molar refractivity (Wildman–Crippen MR) is 167 cm³/mol. The molecule has 1 aliphatic rings. The van der Waals surface area contributed by atoms with Crippen molar-refractivity contribution in [2.24, 2.45) is 0 Å². The van der Waals surface area contributed by atoms with Crippen molar-refractivity contribution in [3.8, 4) is 17.2 Å². The Hall–Kier alpha value is -4.60. The van der Waals surface area contributed by atoms with E-state index in [0.29, 0.717) is 52.1 Å². The summed E-state index contributed by atoms with van der Waals surface area (Å²) in [7, 11) is 0. The quantitative estimate of drug-likeness (QED) is 0.141. The highest BCUT2D eigenvalue weighted by molar-refractivity contribution is 9.10. The van der Waals surface area contributed by atoms with Gasteiger partial charge in [-0.2, -0.15) is 0 Å². The highest BCUT2D eigenvalue weighted by Crippen LogP contribution is 2.38. The molecule has 1 saturated heterocycles. The van der Waals surface area contributed by atoms with Gasteiger partial charge in [-0.05, 0) is 94.2 Å². The van der Waals surface area contributed by atoms with Crippen LogP contribution in [-0.2, 0) is 22.8 Å². The van der Waals surface area contributed by atoms with Crippen molar-refractivity contribution < 1.29 is 28.6 Å². The van der Waals surface area contributed by atoms with Gasteiger partial charge in [-0.1, -0.05) is 54.1 Å². The van der Waals surface area contributed by atoms with E-state index in [1.54, 1.807) is 48.5 Å². The van der Waals surface area contributed by atoms with Crippen LogP contribution in [-0.4, -0.2) is 24.5 Å². The number of carbonyl (C=O) groups excluding carboxylic acids is 3. The standard InChI is InChI=1S/C33H26BrClN2O6/c1-2-41-29-18-23(17-28(34)30(29)43-20-21-6-4-3-5-7-21)16-27-31(38)36-33(40)37(32(27)39)25-12-14-26(15-13-25)42-19-22-8-10-24(35)11-9-22/h3-18H,2,19-20H2,1H3,(H,36,38,40)/b27-16+. The molecule has 4 amide bonds. The average molecular weight is 662 g/mol. The van der Waals surface area contributed by atoms with Gasteiger partial charge in [0.15, 0.2) is 11.5 Å². The Morgan fingerprint density at radius 1 is 0.837 bits per heavy atom. The molecule has 0 radical (unpaired) electrons. The molecule has 0 bridgehead atoms. The number of ether oxygens (including phenoxy) is 3. The van der Waals surface area contributed by atoms with Crippen LogP contribution in [0.4, 0.5) is 10.5 Å². The molecule has 4 aromatic rings. The fraction of sp³-hybridized carbons (Fsp3) is 0.121. The van der Waals surface area contributed by atoms with E-state index in [1.807, 2.05) is 49.4 Å². The molecule has 1 heterocycles. The second kappa shape index (κ2) is 13.6. The van der Waals surface area contributed by atoms with Crippen molar-refractivity contribution in [1.29, 1.82) is 0 Å². The maximum Gasteiger partial charge on any atom is 0.335 e. The Labute approximate surface area is 261 Å². The van der Waals surface area contributed by atoms with Crippen LogP contribution in [0.25, 0.3) is 6.08 Å². The number of urea groups is 1. The lowest BCUT2D eigenvalue weighted by Crippen LogP contribution is -2.54. The van der Waals surface area contributed by atoms with Gasteiger partial charge in [-0.3, -0.25) is 14.9 Å². The number of rotatable bonds is 10. The molecule has 218 valence electrons. The first-order valence-electron chi connectivity index (χ1n) is 13.3. The van der Waals surface area contributed by atoms with Crippen molar-refractivity contribution in [3.05, 3.63) is 123 Å². The van der Waals surface area contributed by atoms with Gasteiger partial charge in [0.1, 0.15) is 24.5 Å². The zero-order valence-corrected chi connectivity index (χ0v) is 25.4. The Balaban J connectivity index is 1.35. The summed E-state index contributed by atoms with van der Waals surface area (Å²) >= 11 is 9.46. The van der Waals surface area contributed by atoms with Gasteiger partial charge in [0.25, 0.3) is 11.8 Å². The van der Waals surface area contributed by atoms with E-state index in [9.17, 15) is 14.4 Å². The molecule has 1 aliphatic heterocycles. The summed E-state index contributed by atoms with van der Waals surface area (Å²) in [6, 6.07) is 26.0. The van der Waals surface area contributed by atoms with Crippen molar-refractivity contribution in [2.45, 2.75) is 20.1 Å². The number of barbiturate groups is 1. The molecule has 1 fully saturated rings. The summed E-state index contributed by atoms with van der Waals surface area (Å²) < 4.78 is 18.2. The SMILES string of the molecule is CCOc1cc(/C=C2\C(=O)NC(=O)N(c3ccc(OCc4ccc(Cl)cc4)cc3)C2=O)cc(Br)c1OCc1ccccc1. The fourth-order valence-corrected chi connectivity index (χ4v) is 5.00.